The van der Waals surface area contributed by atoms with Crippen molar-refractivity contribution in [1.82, 2.24) is 4.90 Å². The van der Waals surface area contributed by atoms with E-state index in [1.54, 1.807) is 41.6 Å². The summed E-state index contributed by atoms with van der Waals surface area (Å²) in [5.41, 5.74) is 1.71. The van der Waals surface area contributed by atoms with E-state index in [9.17, 15) is 9.59 Å². The van der Waals surface area contributed by atoms with Crippen LogP contribution in [0.25, 0.3) is 0 Å². The molecule has 1 aromatic carbocycles. The molecule has 0 spiro atoms. The minimum atomic E-state index is -0.451. The number of aryl methyl sites for hydroxylation is 1. The summed E-state index contributed by atoms with van der Waals surface area (Å²) in [6.45, 7) is 2.89. The molecule has 7 heteroatoms. The molecule has 0 N–H and O–H groups in total. The van der Waals surface area contributed by atoms with Gasteiger partial charge >= 0.3 is 0 Å². The Morgan fingerprint density at radius 1 is 1.13 bits per heavy atom. The summed E-state index contributed by atoms with van der Waals surface area (Å²) in [5.74, 6) is 1.32. The van der Waals surface area contributed by atoms with Gasteiger partial charge in [-0.2, -0.15) is 0 Å². The minimum Gasteiger partial charge on any atom is -0.495 e. The molecule has 1 saturated heterocycles. The van der Waals surface area contributed by atoms with E-state index in [1.807, 2.05) is 37.3 Å². The van der Waals surface area contributed by atoms with Crippen molar-refractivity contribution in [2.24, 2.45) is 5.92 Å². The van der Waals surface area contributed by atoms with Gasteiger partial charge in [0.25, 0.3) is 0 Å². The Balaban J connectivity index is 1.55. The molecule has 1 atom stereocenters. The zero-order chi connectivity index (χ0) is 21.1. The van der Waals surface area contributed by atoms with Crippen molar-refractivity contribution < 1.29 is 23.2 Å². The van der Waals surface area contributed by atoms with Crippen molar-refractivity contribution in [2.45, 2.75) is 26.4 Å². The Kier molecular flexibility index (Phi) is 5.61. The Hall–Kier alpha value is -3.48. The van der Waals surface area contributed by atoms with Gasteiger partial charge in [0, 0.05) is 13.0 Å². The van der Waals surface area contributed by atoms with E-state index in [0.717, 1.165) is 5.56 Å². The lowest BCUT2D eigenvalue weighted by molar-refractivity contribution is -0.137. The lowest BCUT2D eigenvalue weighted by Gasteiger charge is -2.24. The van der Waals surface area contributed by atoms with E-state index >= 15 is 0 Å². The SMILES string of the molecule is COc1ccc(C)cc1N1CC(C(=O)N(Cc2ccco2)Cc2ccco2)CC1=O. The molecule has 156 valence electrons. The Labute approximate surface area is 174 Å². The van der Waals surface area contributed by atoms with E-state index in [-0.39, 0.29) is 18.2 Å². The number of amides is 2. The maximum Gasteiger partial charge on any atom is 0.228 e. The molecule has 0 aliphatic carbocycles. The van der Waals surface area contributed by atoms with Crippen molar-refractivity contribution in [3.8, 4) is 5.75 Å². The third-order valence-corrected chi connectivity index (χ3v) is 5.26. The summed E-state index contributed by atoms with van der Waals surface area (Å²) in [5, 5.41) is 0. The first kappa shape index (κ1) is 19.8. The largest absolute Gasteiger partial charge is 0.495 e. The van der Waals surface area contributed by atoms with Crippen LogP contribution in [0.15, 0.2) is 63.8 Å². The van der Waals surface area contributed by atoms with Crippen LogP contribution in [0.5, 0.6) is 5.75 Å². The Morgan fingerprint density at radius 3 is 2.37 bits per heavy atom. The van der Waals surface area contributed by atoms with E-state index in [2.05, 4.69) is 0 Å². The molecular weight excluding hydrogens is 384 g/mol. The maximum absolute atomic E-state index is 13.4. The second-order valence-corrected chi connectivity index (χ2v) is 7.43. The van der Waals surface area contributed by atoms with Crippen molar-refractivity contribution >= 4 is 17.5 Å². The highest BCUT2D eigenvalue weighted by Gasteiger charge is 2.38. The Bertz CT molecular complexity index is 974. The molecule has 30 heavy (non-hydrogen) atoms. The highest BCUT2D eigenvalue weighted by Crippen LogP contribution is 2.34. The molecule has 0 saturated carbocycles. The van der Waals surface area contributed by atoms with Crippen LogP contribution in [0.3, 0.4) is 0 Å². The molecule has 1 aliphatic rings. The molecule has 1 aliphatic heterocycles. The van der Waals surface area contributed by atoms with Crippen LogP contribution in [0, 0.1) is 12.8 Å². The standard InChI is InChI=1S/C23H24N2O5/c1-16-7-8-21(28-2)20(11-16)25-13-17(12-22(25)26)23(27)24(14-18-5-3-9-29-18)15-19-6-4-10-30-19/h3-11,17H,12-15H2,1-2H3. The summed E-state index contributed by atoms with van der Waals surface area (Å²) in [7, 11) is 1.58. The minimum absolute atomic E-state index is 0.0896. The number of carbonyl (C=O) groups excluding carboxylic acids is 2. The van der Waals surface area contributed by atoms with Crippen LogP contribution in [0.1, 0.15) is 23.5 Å². The molecule has 1 fully saturated rings. The fourth-order valence-electron chi connectivity index (χ4n) is 3.77. The lowest BCUT2D eigenvalue weighted by Crippen LogP contribution is -2.36. The molecule has 3 heterocycles. The van der Waals surface area contributed by atoms with Gasteiger partial charge in [-0.3, -0.25) is 9.59 Å². The average molecular weight is 408 g/mol. The molecule has 4 rings (SSSR count). The van der Waals surface area contributed by atoms with Crippen molar-refractivity contribution in [3.63, 3.8) is 0 Å². The van der Waals surface area contributed by atoms with Gasteiger partial charge in [0.15, 0.2) is 0 Å². The number of furan rings is 2. The van der Waals surface area contributed by atoms with E-state index in [0.29, 0.717) is 42.6 Å². The van der Waals surface area contributed by atoms with Crippen molar-refractivity contribution in [2.75, 3.05) is 18.6 Å². The summed E-state index contributed by atoms with van der Waals surface area (Å²) in [4.78, 5) is 29.5. The van der Waals surface area contributed by atoms with Gasteiger partial charge in [0.1, 0.15) is 17.3 Å². The summed E-state index contributed by atoms with van der Waals surface area (Å²) in [6, 6.07) is 12.9. The Morgan fingerprint density at radius 2 is 1.80 bits per heavy atom. The van der Waals surface area contributed by atoms with Crippen LogP contribution < -0.4 is 9.64 Å². The van der Waals surface area contributed by atoms with Crippen LogP contribution in [0.2, 0.25) is 0 Å². The summed E-state index contributed by atoms with van der Waals surface area (Å²) >= 11 is 0. The molecule has 7 nitrogen and oxygen atoms in total. The number of rotatable bonds is 7. The predicted octanol–water partition coefficient (Wildman–Crippen LogP) is 3.77. The fraction of sp³-hybridized carbons (Fsp3) is 0.304. The van der Waals surface area contributed by atoms with Crippen LogP contribution in [0.4, 0.5) is 5.69 Å². The first-order valence-electron chi connectivity index (χ1n) is 9.83. The topological polar surface area (TPSA) is 76.1 Å². The van der Waals surface area contributed by atoms with Gasteiger partial charge in [0.2, 0.25) is 11.8 Å². The van der Waals surface area contributed by atoms with Crippen LogP contribution in [-0.4, -0.2) is 30.4 Å². The smallest absolute Gasteiger partial charge is 0.228 e. The maximum atomic E-state index is 13.4. The van der Waals surface area contributed by atoms with Crippen LogP contribution in [-0.2, 0) is 22.7 Å². The quantitative estimate of drug-likeness (QED) is 0.595. The van der Waals surface area contributed by atoms with Crippen molar-refractivity contribution in [3.05, 3.63) is 72.1 Å². The third kappa shape index (κ3) is 4.10. The highest BCUT2D eigenvalue weighted by atomic mass is 16.5. The fourth-order valence-corrected chi connectivity index (χ4v) is 3.77. The number of hydrogen-bond donors (Lipinski definition) is 0. The number of carbonyl (C=O) groups is 2. The number of ether oxygens (including phenoxy) is 1. The first-order valence-corrected chi connectivity index (χ1v) is 9.83. The van der Waals surface area contributed by atoms with E-state index in [4.69, 9.17) is 13.6 Å². The first-order chi connectivity index (χ1) is 14.5. The number of nitrogens with zero attached hydrogens (tertiary/aromatic N) is 2. The van der Waals surface area contributed by atoms with E-state index < -0.39 is 5.92 Å². The number of benzene rings is 1. The molecule has 2 aromatic heterocycles. The molecule has 1 unspecified atom stereocenters. The van der Waals surface area contributed by atoms with E-state index in [1.165, 1.54) is 0 Å². The van der Waals surface area contributed by atoms with Crippen molar-refractivity contribution in [1.29, 1.82) is 0 Å². The molecule has 2 amide bonds. The van der Waals surface area contributed by atoms with Gasteiger partial charge in [-0.1, -0.05) is 6.07 Å². The molecule has 0 radical (unpaired) electrons. The highest BCUT2D eigenvalue weighted by molar-refractivity contribution is 6.01. The zero-order valence-electron chi connectivity index (χ0n) is 17.0. The number of methoxy groups -OCH3 is 1. The molecule has 3 aromatic rings. The van der Waals surface area contributed by atoms with Crippen LogP contribution >= 0.6 is 0 Å². The second-order valence-electron chi connectivity index (χ2n) is 7.43. The predicted molar refractivity (Wildman–Crippen MR) is 110 cm³/mol. The summed E-state index contributed by atoms with van der Waals surface area (Å²) in [6.07, 6.45) is 3.31. The monoisotopic (exact) mass is 408 g/mol. The molecule has 0 bridgehead atoms. The number of hydrogen-bond acceptors (Lipinski definition) is 5. The van der Waals surface area contributed by atoms with Gasteiger partial charge in [-0.25, -0.2) is 0 Å². The van der Waals surface area contributed by atoms with Gasteiger partial charge in [-0.05, 0) is 48.9 Å². The number of anilines is 1. The summed E-state index contributed by atoms with van der Waals surface area (Å²) < 4.78 is 16.3. The third-order valence-electron chi connectivity index (χ3n) is 5.26. The average Bonchev–Trinajstić information content (AvgIpc) is 3.49. The molecular formula is C23H24N2O5. The van der Waals surface area contributed by atoms with Gasteiger partial charge in [0.05, 0.1) is 44.3 Å². The zero-order valence-corrected chi connectivity index (χ0v) is 17.0. The van der Waals surface area contributed by atoms with Gasteiger partial charge < -0.3 is 23.4 Å². The lowest BCUT2D eigenvalue weighted by atomic mass is 10.1. The van der Waals surface area contributed by atoms with Gasteiger partial charge in [-0.15, -0.1) is 0 Å². The second kappa shape index (κ2) is 8.49. The normalized spacial score (nSPS) is 16.1.